The second-order valence-electron chi connectivity index (χ2n) is 3.20. The maximum Gasteiger partial charge on any atom is 0.0206 e. The highest BCUT2D eigenvalue weighted by Crippen LogP contribution is 1.96. The van der Waals surface area contributed by atoms with Gasteiger partial charge in [0.15, 0.2) is 0 Å². The standard InChI is InChI=1S/C11H19N3/c12-6-7-13-8-9-14-10-11-4-2-1-3-5-11/h1-5,13-14H,6-10,12H2. The van der Waals surface area contributed by atoms with Crippen LogP contribution in [0.3, 0.4) is 0 Å². The quantitative estimate of drug-likeness (QED) is 0.547. The molecule has 0 amide bonds. The molecule has 1 rings (SSSR count). The van der Waals surface area contributed by atoms with Gasteiger partial charge in [-0.1, -0.05) is 30.3 Å². The number of nitrogens with one attached hydrogen (secondary N) is 2. The lowest BCUT2D eigenvalue weighted by Gasteiger charge is -2.05. The Morgan fingerprint density at radius 1 is 0.929 bits per heavy atom. The van der Waals surface area contributed by atoms with E-state index in [0.29, 0.717) is 6.54 Å². The van der Waals surface area contributed by atoms with Crippen molar-refractivity contribution < 1.29 is 0 Å². The van der Waals surface area contributed by atoms with Crippen LogP contribution in [-0.4, -0.2) is 26.2 Å². The molecule has 0 aromatic heterocycles. The molecule has 0 fully saturated rings. The predicted octanol–water partition coefficient (Wildman–Crippen LogP) is 0.325. The van der Waals surface area contributed by atoms with Crippen molar-refractivity contribution in [1.29, 1.82) is 0 Å². The van der Waals surface area contributed by atoms with Crippen LogP contribution in [0.5, 0.6) is 0 Å². The van der Waals surface area contributed by atoms with Crippen molar-refractivity contribution in [2.75, 3.05) is 26.2 Å². The molecule has 1 aromatic carbocycles. The Hall–Kier alpha value is -0.900. The van der Waals surface area contributed by atoms with Crippen LogP contribution in [0.4, 0.5) is 0 Å². The monoisotopic (exact) mass is 193 g/mol. The van der Waals surface area contributed by atoms with E-state index >= 15 is 0 Å². The topological polar surface area (TPSA) is 50.1 Å². The van der Waals surface area contributed by atoms with E-state index in [4.69, 9.17) is 5.73 Å². The van der Waals surface area contributed by atoms with Crippen LogP contribution in [0, 0.1) is 0 Å². The van der Waals surface area contributed by atoms with Crippen molar-refractivity contribution >= 4 is 0 Å². The van der Waals surface area contributed by atoms with Gasteiger partial charge in [0.2, 0.25) is 0 Å². The van der Waals surface area contributed by atoms with Crippen LogP contribution in [-0.2, 0) is 6.54 Å². The molecule has 14 heavy (non-hydrogen) atoms. The van der Waals surface area contributed by atoms with Crippen molar-refractivity contribution in [1.82, 2.24) is 10.6 Å². The van der Waals surface area contributed by atoms with Gasteiger partial charge in [0.25, 0.3) is 0 Å². The Bertz CT molecular complexity index is 223. The van der Waals surface area contributed by atoms with Gasteiger partial charge < -0.3 is 16.4 Å². The number of benzene rings is 1. The number of hydrogen-bond donors (Lipinski definition) is 3. The number of nitrogens with two attached hydrogens (primary N) is 1. The van der Waals surface area contributed by atoms with E-state index in [1.165, 1.54) is 5.56 Å². The second kappa shape index (κ2) is 7.50. The summed E-state index contributed by atoms with van der Waals surface area (Å²) in [5.41, 5.74) is 6.68. The molecule has 0 aliphatic rings. The van der Waals surface area contributed by atoms with Gasteiger partial charge >= 0.3 is 0 Å². The third-order valence-electron chi connectivity index (χ3n) is 1.97. The molecule has 0 unspecified atom stereocenters. The Morgan fingerprint density at radius 3 is 2.36 bits per heavy atom. The van der Waals surface area contributed by atoms with Gasteiger partial charge in [-0.3, -0.25) is 0 Å². The van der Waals surface area contributed by atoms with Crippen molar-refractivity contribution in [2.24, 2.45) is 5.73 Å². The molecule has 4 N–H and O–H groups in total. The molecule has 0 aliphatic carbocycles. The summed E-state index contributed by atoms with van der Waals surface area (Å²) in [6, 6.07) is 10.4. The van der Waals surface area contributed by atoms with Gasteiger partial charge in [-0.15, -0.1) is 0 Å². The summed E-state index contributed by atoms with van der Waals surface area (Å²) >= 11 is 0. The zero-order chi connectivity index (χ0) is 10.1. The molecule has 78 valence electrons. The van der Waals surface area contributed by atoms with Gasteiger partial charge in [-0.05, 0) is 5.56 Å². The van der Waals surface area contributed by atoms with E-state index in [1.807, 2.05) is 6.07 Å². The van der Waals surface area contributed by atoms with E-state index in [2.05, 4.69) is 34.9 Å². The Labute approximate surface area is 85.7 Å². The molecular formula is C11H19N3. The summed E-state index contributed by atoms with van der Waals surface area (Å²) in [6.07, 6.45) is 0. The third-order valence-corrected chi connectivity index (χ3v) is 1.97. The normalized spacial score (nSPS) is 10.4. The zero-order valence-electron chi connectivity index (χ0n) is 8.50. The van der Waals surface area contributed by atoms with Crippen LogP contribution in [0.25, 0.3) is 0 Å². The molecule has 0 spiro atoms. The van der Waals surface area contributed by atoms with Gasteiger partial charge in [0.05, 0.1) is 0 Å². The first-order valence-electron chi connectivity index (χ1n) is 5.09. The smallest absolute Gasteiger partial charge is 0.0206 e. The van der Waals surface area contributed by atoms with Crippen molar-refractivity contribution in [3.63, 3.8) is 0 Å². The first-order valence-corrected chi connectivity index (χ1v) is 5.09. The molecule has 0 bridgehead atoms. The highest BCUT2D eigenvalue weighted by Gasteiger charge is 1.89. The average Bonchev–Trinajstić information content (AvgIpc) is 2.25. The van der Waals surface area contributed by atoms with Crippen LogP contribution in [0.2, 0.25) is 0 Å². The van der Waals surface area contributed by atoms with Crippen LogP contribution < -0.4 is 16.4 Å². The summed E-state index contributed by atoms with van der Waals surface area (Å²) in [7, 11) is 0. The highest BCUT2D eigenvalue weighted by atomic mass is 14.9. The van der Waals surface area contributed by atoms with Gasteiger partial charge in [-0.2, -0.15) is 0 Å². The summed E-state index contributed by atoms with van der Waals surface area (Å²) < 4.78 is 0. The van der Waals surface area contributed by atoms with Gasteiger partial charge in [0.1, 0.15) is 0 Å². The van der Waals surface area contributed by atoms with Gasteiger partial charge in [0, 0.05) is 32.7 Å². The molecule has 0 aliphatic heterocycles. The van der Waals surface area contributed by atoms with E-state index in [-0.39, 0.29) is 0 Å². The molecule has 0 saturated carbocycles. The SMILES string of the molecule is NCCNCCNCc1ccccc1. The van der Waals surface area contributed by atoms with E-state index < -0.39 is 0 Å². The average molecular weight is 193 g/mol. The molecule has 0 radical (unpaired) electrons. The predicted molar refractivity (Wildman–Crippen MR) is 60.1 cm³/mol. The van der Waals surface area contributed by atoms with Crippen LogP contribution >= 0.6 is 0 Å². The number of rotatable bonds is 7. The molecule has 3 nitrogen and oxygen atoms in total. The first kappa shape index (κ1) is 11.2. The molecular weight excluding hydrogens is 174 g/mol. The third kappa shape index (κ3) is 4.97. The fourth-order valence-corrected chi connectivity index (χ4v) is 1.23. The zero-order valence-corrected chi connectivity index (χ0v) is 8.50. The molecule has 0 saturated heterocycles. The fourth-order valence-electron chi connectivity index (χ4n) is 1.23. The minimum atomic E-state index is 0.707. The molecule has 3 heteroatoms. The summed E-state index contributed by atoms with van der Waals surface area (Å²) in [4.78, 5) is 0. The maximum absolute atomic E-state index is 5.35. The molecule has 0 heterocycles. The Kier molecular flexibility index (Phi) is 5.99. The van der Waals surface area contributed by atoms with Crippen molar-refractivity contribution in [2.45, 2.75) is 6.54 Å². The van der Waals surface area contributed by atoms with Gasteiger partial charge in [-0.25, -0.2) is 0 Å². The van der Waals surface area contributed by atoms with E-state index in [1.54, 1.807) is 0 Å². The largest absolute Gasteiger partial charge is 0.329 e. The molecule has 1 aromatic rings. The lowest BCUT2D eigenvalue weighted by Crippen LogP contribution is -2.30. The second-order valence-corrected chi connectivity index (χ2v) is 3.20. The number of hydrogen-bond acceptors (Lipinski definition) is 3. The maximum atomic E-state index is 5.35. The lowest BCUT2D eigenvalue weighted by molar-refractivity contribution is 0.615. The first-order chi connectivity index (χ1) is 6.93. The van der Waals surface area contributed by atoms with E-state index in [9.17, 15) is 0 Å². The summed E-state index contributed by atoms with van der Waals surface area (Å²) in [6.45, 7) is 4.50. The Morgan fingerprint density at radius 2 is 1.64 bits per heavy atom. The summed E-state index contributed by atoms with van der Waals surface area (Å²) in [5, 5.41) is 6.59. The fraction of sp³-hybridized carbons (Fsp3) is 0.455. The van der Waals surface area contributed by atoms with Crippen LogP contribution in [0.15, 0.2) is 30.3 Å². The van der Waals surface area contributed by atoms with Crippen molar-refractivity contribution in [3.8, 4) is 0 Å². The van der Waals surface area contributed by atoms with Crippen molar-refractivity contribution in [3.05, 3.63) is 35.9 Å². The minimum absolute atomic E-state index is 0.707. The Balaban J connectivity index is 1.99. The summed E-state index contributed by atoms with van der Waals surface area (Å²) in [5.74, 6) is 0. The minimum Gasteiger partial charge on any atom is -0.329 e. The molecule has 0 atom stereocenters. The van der Waals surface area contributed by atoms with Crippen LogP contribution in [0.1, 0.15) is 5.56 Å². The highest BCUT2D eigenvalue weighted by molar-refractivity contribution is 5.14. The lowest BCUT2D eigenvalue weighted by atomic mass is 10.2. The van der Waals surface area contributed by atoms with E-state index in [0.717, 1.165) is 26.2 Å².